The molecule has 1 aliphatic carbocycles. The van der Waals surface area contributed by atoms with Crippen LogP contribution in [0.3, 0.4) is 0 Å². The highest BCUT2D eigenvalue weighted by molar-refractivity contribution is 7.92. The van der Waals surface area contributed by atoms with Gasteiger partial charge >= 0.3 is 0 Å². The zero-order valence-corrected chi connectivity index (χ0v) is 25.0. The molecule has 1 heterocycles. The minimum Gasteiger partial charge on any atom is -0.497 e. The highest BCUT2D eigenvalue weighted by Gasteiger charge is 2.37. The van der Waals surface area contributed by atoms with E-state index in [4.69, 9.17) is 29.9 Å². The Bertz CT molecular complexity index is 1720. The van der Waals surface area contributed by atoms with E-state index in [1.165, 1.54) is 11.3 Å². The number of hydrogen-bond donors (Lipinski definition) is 0. The van der Waals surface area contributed by atoms with Gasteiger partial charge in [-0.15, -0.1) is 0 Å². The molecule has 11 heteroatoms. The van der Waals surface area contributed by atoms with Crippen LogP contribution in [0.25, 0.3) is 5.76 Å². The molecule has 0 N–H and O–H groups in total. The fourth-order valence-corrected chi connectivity index (χ4v) is 6.67. The van der Waals surface area contributed by atoms with Crippen molar-refractivity contribution in [3.8, 4) is 16.6 Å². The van der Waals surface area contributed by atoms with Crippen LogP contribution in [0.5, 0.6) is 16.6 Å². The first kappa shape index (κ1) is 29.5. The normalized spacial score (nSPS) is 13.7. The number of thiazole rings is 1. The van der Waals surface area contributed by atoms with Gasteiger partial charge in [-0.2, -0.15) is 0 Å². The molecule has 1 atom stereocenters. The van der Waals surface area contributed by atoms with Crippen LogP contribution in [0, 0.1) is 0 Å². The number of rotatable bonds is 12. The van der Waals surface area contributed by atoms with E-state index < -0.39 is 15.9 Å². The Balaban J connectivity index is 1.38. The Morgan fingerprint density at radius 3 is 2.36 bits per heavy atom. The van der Waals surface area contributed by atoms with Gasteiger partial charge in [0.1, 0.15) is 33.0 Å². The van der Waals surface area contributed by atoms with Crippen LogP contribution >= 0.6 is 11.3 Å². The molecular weight excluding hydrogens is 566 g/mol. The van der Waals surface area contributed by atoms with Crippen molar-refractivity contribution >= 4 is 58.7 Å². The molecule has 0 amide bonds. The topological polar surface area (TPSA) is 78.0 Å². The van der Waals surface area contributed by atoms with Crippen LogP contribution in [-0.4, -0.2) is 48.5 Å². The first-order valence-corrected chi connectivity index (χ1v) is 15.5. The van der Waals surface area contributed by atoms with Crippen molar-refractivity contribution in [1.82, 2.24) is 4.98 Å². The van der Waals surface area contributed by atoms with Gasteiger partial charge in [0.15, 0.2) is 21.1 Å². The molecule has 1 fully saturated rings. The Labute approximate surface area is 253 Å². The Morgan fingerprint density at radius 1 is 1.05 bits per heavy atom. The van der Waals surface area contributed by atoms with Crippen molar-refractivity contribution in [2.24, 2.45) is 0 Å². The molecule has 42 heavy (non-hydrogen) atoms. The third-order valence-electron chi connectivity index (χ3n) is 6.89. The molecule has 210 valence electrons. The van der Waals surface area contributed by atoms with Crippen LogP contribution in [0.2, 0.25) is 0 Å². The van der Waals surface area contributed by atoms with Gasteiger partial charge in [0.2, 0.25) is 5.06 Å². The van der Waals surface area contributed by atoms with E-state index in [0.29, 0.717) is 67.4 Å². The standard InChI is InChI=1S/C31H28B2N2O5S2/c1-19(35(3)31-34-18-29(41-31)39-24-10-5-21(6-11-24)20(2)38-4)30(40-28-16-9-23(32)17-27(28)33)22-7-12-25(13-8-22)42(36,37)26-14-15-26/h5-13,16-18,26,30H,1-2,14-15H2,3-4H3. The van der Waals surface area contributed by atoms with Gasteiger partial charge in [0, 0.05) is 12.6 Å². The van der Waals surface area contributed by atoms with Gasteiger partial charge < -0.3 is 19.1 Å². The summed E-state index contributed by atoms with van der Waals surface area (Å²) in [5, 5.41) is 0.902. The number of benzene rings is 3. The summed E-state index contributed by atoms with van der Waals surface area (Å²) >= 11 is 1.33. The highest BCUT2D eigenvalue weighted by atomic mass is 32.2. The van der Waals surface area contributed by atoms with Crippen LogP contribution in [-0.2, 0) is 14.6 Å². The van der Waals surface area contributed by atoms with Crippen LogP contribution in [0.4, 0.5) is 5.13 Å². The zero-order valence-electron chi connectivity index (χ0n) is 23.3. The zero-order chi connectivity index (χ0) is 30.0. The van der Waals surface area contributed by atoms with E-state index in [-0.39, 0.29) is 5.25 Å². The molecule has 1 unspecified atom stereocenters. The number of nitrogens with zero attached hydrogens (tertiary/aromatic N) is 2. The van der Waals surface area contributed by atoms with Gasteiger partial charge in [-0.25, -0.2) is 13.4 Å². The molecule has 1 aliphatic rings. The van der Waals surface area contributed by atoms with E-state index in [0.717, 1.165) is 5.56 Å². The molecule has 0 saturated heterocycles. The molecule has 7 nitrogen and oxygen atoms in total. The van der Waals surface area contributed by atoms with Crippen LogP contribution in [0.15, 0.2) is 96.7 Å². The first-order chi connectivity index (χ1) is 20.1. The highest BCUT2D eigenvalue weighted by Crippen LogP contribution is 2.38. The Morgan fingerprint density at radius 2 is 1.74 bits per heavy atom. The second-order valence-corrected chi connectivity index (χ2v) is 13.1. The van der Waals surface area contributed by atoms with Crippen molar-refractivity contribution in [2.45, 2.75) is 29.1 Å². The maximum atomic E-state index is 12.8. The summed E-state index contributed by atoms with van der Waals surface area (Å²) in [7, 11) is 12.1. The van der Waals surface area contributed by atoms with Crippen molar-refractivity contribution in [2.75, 3.05) is 19.1 Å². The summed E-state index contributed by atoms with van der Waals surface area (Å²) in [5.41, 5.74) is 2.98. The molecule has 4 radical (unpaired) electrons. The summed E-state index contributed by atoms with van der Waals surface area (Å²) < 4.78 is 43.1. The molecule has 3 aromatic carbocycles. The maximum absolute atomic E-state index is 12.8. The Kier molecular flexibility index (Phi) is 8.52. The number of aromatic nitrogens is 1. The lowest BCUT2D eigenvalue weighted by molar-refractivity contribution is 0.242. The maximum Gasteiger partial charge on any atom is 0.202 e. The number of ether oxygens (including phenoxy) is 3. The lowest BCUT2D eigenvalue weighted by Gasteiger charge is -2.28. The van der Waals surface area contributed by atoms with Crippen molar-refractivity contribution in [1.29, 1.82) is 0 Å². The molecule has 5 rings (SSSR count). The third kappa shape index (κ3) is 6.42. The molecule has 1 saturated carbocycles. The van der Waals surface area contributed by atoms with Gasteiger partial charge in [-0.1, -0.05) is 59.7 Å². The summed E-state index contributed by atoms with van der Waals surface area (Å²) in [6, 6.07) is 19.1. The number of sulfone groups is 1. The lowest BCUT2D eigenvalue weighted by atomic mass is 9.87. The van der Waals surface area contributed by atoms with Gasteiger partial charge in [-0.3, -0.25) is 0 Å². The monoisotopic (exact) mass is 594 g/mol. The minimum absolute atomic E-state index is 0.291. The smallest absolute Gasteiger partial charge is 0.202 e. The fraction of sp³-hybridized carbons (Fsp3) is 0.194. The van der Waals surface area contributed by atoms with Crippen molar-refractivity contribution in [3.05, 3.63) is 103 Å². The SMILES string of the molecule is [B]c1ccc(OC(C(=C)N(C)c2ncc(Oc3ccc(C(=C)OC)cc3)s2)c2ccc(S(=O)(=O)C3CC3)cc2)c([B])c1. The number of likely N-dealkylation sites (N-methyl/N-ethyl adjacent to an activating group) is 1. The molecule has 1 aromatic heterocycles. The van der Waals surface area contributed by atoms with Crippen LogP contribution < -0.4 is 25.3 Å². The predicted octanol–water partition coefficient (Wildman–Crippen LogP) is 4.85. The van der Waals surface area contributed by atoms with Crippen molar-refractivity contribution < 1.29 is 22.6 Å². The van der Waals surface area contributed by atoms with Gasteiger partial charge in [0.05, 0.1) is 29.1 Å². The van der Waals surface area contributed by atoms with E-state index in [9.17, 15) is 8.42 Å². The van der Waals surface area contributed by atoms with E-state index in [1.807, 2.05) is 31.3 Å². The third-order valence-corrected chi connectivity index (χ3v) is 10.1. The molecule has 4 aromatic rings. The summed E-state index contributed by atoms with van der Waals surface area (Å²) in [6.07, 6.45) is 2.31. The summed E-state index contributed by atoms with van der Waals surface area (Å²) in [5.74, 6) is 1.63. The quantitative estimate of drug-likeness (QED) is 0.172. The van der Waals surface area contributed by atoms with Gasteiger partial charge in [0.25, 0.3) is 0 Å². The second kappa shape index (κ2) is 12.1. The van der Waals surface area contributed by atoms with Crippen molar-refractivity contribution in [3.63, 3.8) is 0 Å². The predicted molar refractivity (Wildman–Crippen MR) is 169 cm³/mol. The molecule has 0 aliphatic heterocycles. The first-order valence-electron chi connectivity index (χ1n) is 13.1. The molecule has 0 spiro atoms. The van der Waals surface area contributed by atoms with E-state index in [2.05, 4.69) is 18.1 Å². The van der Waals surface area contributed by atoms with Gasteiger partial charge in [-0.05, 0) is 60.9 Å². The fourth-order valence-electron chi connectivity index (χ4n) is 4.23. The van der Waals surface area contributed by atoms with E-state index in [1.54, 1.807) is 60.7 Å². The largest absolute Gasteiger partial charge is 0.497 e. The lowest BCUT2D eigenvalue weighted by Crippen LogP contribution is -2.26. The Hall–Kier alpha value is -3.95. The minimum atomic E-state index is -3.33. The summed E-state index contributed by atoms with van der Waals surface area (Å²) in [4.78, 5) is 6.62. The van der Waals surface area contributed by atoms with E-state index >= 15 is 0 Å². The summed E-state index contributed by atoms with van der Waals surface area (Å²) in [6.45, 7) is 8.17. The number of methoxy groups -OCH3 is 1. The number of hydrogen-bond acceptors (Lipinski definition) is 8. The molecular formula is C31H28B2N2O5S2. The second-order valence-electron chi connectivity index (χ2n) is 9.87. The average Bonchev–Trinajstić information content (AvgIpc) is 3.76. The number of anilines is 1. The molecule has 0 bridgehead atoms. The van der Waals surface area contributed by atoms with Crippen LogP contribution in [0.1, 0.15) is 30.1 Å². The average molecular weight is 594 g/mol.